The minimum atomic E-state index is -2.35. The van der Waals surface area contributed by atoms with Crippen molar-refractivity contribution in [3.05, 3.63) is 29.8 Å². The van der Waals surface area contributed by atoms with Gasteiger partial charge in [-0.15, -0.1) is 0 Å². The van der Waals surface area contributed by atoms with Crippen molar-refractivity contribution >= 4 is 14.7 Å². The maximum absolute atomic E-state index is 10.8. The first-order valence-corrected chi connectivity index (χ1v) is 9.22. The van der Waals surface area contributed by atoms with Crippen molar-refractivity contribution < 1.29 is 23.6 Å². The van der Waals surface area contributed by atoms with Crippen LogP contribution in [0.4, 0.5) is 4.79 Å². The molecule has 0 aromatic heterocycles. The lowest BCUT2D eigenvalue weighted by molar-refractivity contribution is 0.0842. The Morgan fingerprint density at radius 3 is 2.14 bits per heavy atom. The Hall–Kier alpha value is -1.57. The molecule has 7 heteroatoms. The van der Waals surface area contributed by atoms with Crippen molar-refractivity contribution in [2.45, 2.75) is 45.4 Å². The number of amides is 1. The van der Waals surface area contributed by atoms with Crippen LogP contribution < -0.4 is 9.91 Å². The number of carbonyl (C=O) groups is 1. The molecule has 0 aliphatic rings. The molecular weight excluding hydrogens is 302 g/mol. The van der Waals surface area contributed by atoms with Crippen LogP contribution in [-0.2, 0) is 15.8 Å². The lowest BCUT2D eigenvalue weighted by Crippen LogP contribution is -2.50. The highest BCUT2D eigenvalue weighted by Crippen LogP contribution is 2.35. The molecule has 0 atom stereocenters. The molecule has 0 fully saturated rings. The van der Waals surface area contributed by atoms with Crippen LogP contribution in [0, 0.1) is 0 Å². The molecular formula is C15H25NO5Si. The SMILES string of the molecule is CO[Si](Oc1ccc(COC(=O)NO)cc1)(C(C)C)C(C)C. The van der Waals surface area contributed by atoms with Crippen LogP contribution in [0.1, 0.15) is 33.3 Å². The molecule has 22 heavy (non-hydrogen) atoms. The van der Waals surface area contributed by atoms with Crippen molar-refractivity contribution in [3.8, 4) is 5.75 Å². The Morgan fingerprint density at radius 2 is 1.73 bits per heavy atom. The van der Waals surface area contributed by atoms with Gasteiger partial charge in [-0.25, -0.2) is 10.3 Å². The van der Waals surface area contributed by atoms with Crippen LogP contribution >= 0.6 is 0 Å². The number of rotatable bonds is 7. The first-order chi connectivity index (χ1) is 10.4. The van der Waals surface area contributed by atoms with E-state index in [1.165, 1.54) is 5.48 Å². The fraction of sp³-hybridized carbons (Fsp3) is 0.533. The first-order valence-electron chi connectivity index (χ1n) is 7.25. The van der Waals surface area contributed by atoms with E-state index in [1.807, 2.05) is 24.3 Å². The molecule has 0 saturated carbocycles. The maximum Gasteiger partial charge on any atom is 0.431 e. The molecule has 0 unspecified atom stereocenters. The van der Waals surface area contributed by atoms with Crippen LogP contribution in [0.3, 0.4) is 0 Å². The standard InChI is InChI=1S/C15H25NO5Si/c1-11(2)22(19-5,12(3)4)21-14-8-6-13(7-9-14)10-20-15(17)16-18/h6-9,11-12,18H,10H2,1-5H3,(H,16,17). The molecule has 1 rings (SSSR count). The Bertz CT molecular complexity index is 467. The number of hydrogen-bond donors (Lipinski definition) is 2. The first kappa shape index (κ1) is 18.5. The van der Waals surface area contributed by atoms with Gasteiger partial charge in [0.1, 0.15) is 12.4 Å². The molecule has 0 saturated heterocycles. The van der Waals surface area contributed by atoms with E-state index >= 15 is 0 Å². The largest absolute Gasteiger partial charge is 0.520 e. The maximum atomic E-state index is 10.8. The zero-order valence-electron chi connectivity index (χ0n) is 13.8. The third kappa shape index (κ3) is 4.46. The highest BCUT2D eigenvalue weighted by molar-refractivity contribution is 6.70. The van der Waals surface area contributed by atoms with E-state index < -0.39 is 14.7 Å². The molecule has 1 amide bonds. The third-order valence-corrected chi connectivity index (χ3v) is 8.00. The number of carbonyl (C=O) groups excluding carboxylic acids is 1. The van der Waals surface area contributed by atoms with Crippen molar-refractivity contribution in [2.75, 3.05) is 7.11 Å². The van der Waals surface area contributed by atoms with E-state index in [0.717, 1.165) is 11.3 Å². The molecule has 0 radical (unpaired) electrons. The zero-order chi connectivity index (χ0) is 16.8. The number of benzene rings is 1. The molecule has 1 aromatic carbocycles. The highest BCUT2D eigenvalue weighted by Gasteiger charge is 2.46. The summed E-state index contributed by atoms with van der Waals surface area (Å²) in [5.74, 6) is 0.742. The molecule has 0 heterocycles. The number of ether oxygens (including phenoxy) is 1. The van der Waals surface area contributed by atoms with E-state index in [9.17, 15) is 4.79 Å². The van der Waals surface area contributed by atoms with Crippen LogP contribution in [-0.4, -0.2) is 27.0 Å². The normalized spacial score (nSPS) is 11.6. The van der Waals surface area contributed by atoms with Gasteiger partial charge in [0.2, 0.25) is 0 Å². The topological polar surface area (TPSA) is 77.0 Å². The average Bonchev–Trinajstić information content (AvgIpc) is 2.50. The summed E-state index contributed by atoms with van der Waals surface area (Å²) in [6, 6.07) is 7.30. The van der Waals surface area contributed by atoms with Crippen LogP contribution in [0.15, 0.2) is 24.3 Å². The summed E-state index contributed by atoms with van der Waals surface area (Å²) < 4.78 is 16.8. The second-order valence-electron chi connectivity index (χ2n) is 5.67. The Morgan fingerprint density at radius 1 is 1.18 bits per heavy atom. The molecule has 0 spiro atoms. The number of hydrogen-bond acceptors (Lipinski definition) is 5. The van der Waals surface area contributed by atoms with Gasteiger partial charge in [0, 0.05) is 18.2 Å². The van der Waals surface area contributed by atoms with Crippen LogP contribution in [0.5, 0.6) is 5.75 Å². The number of hydroxylamine groups is 1. The highest BCUT2D eigenvalue weighted by atomic mass is 28.4. The predicted octanol–water partition coefficient (Wildman–Crippen LogP) is 3.59. The molecule has 0 aliphatic carbocycles. The van der Waals surface area contributed by atoms with Crippen LogP contribution in [0.2, 0.25) is 11.1 Å². The van der Waals surface area contributed by atoms with Gasteiger partial charge in [-0.1, -0.05) is 39.8 Å². The van der Waals surface area contributed by atoms with Gasteiger partial charge in [-0.2, -0.15) is 0 Å². The van der Waals surface area contributed by atoms with Gasteiger partial charge in [-0.05, 0) is 17.7 Å². The van der Waals surface area contributed by atoms with Gasteiger partial charge in [0.15, 0.2) is 0 Å². The van der Waals surface area contributed by atoms with Crippen molar-refractivity contribution in [1.82, 2.24) is 5.48 Å². The third-order valence-electron chi connectivity index (χ3n) is 3.59. The summed E-state index contributed by atoms with van der Waals surface area (Å²) in [6.07, 6.45) is -0.884. The summed E-state index contributed by atoms with van der Waals surface area (Å²) in [5, 5.41) is 8.36. The molecule has 0 aliphatic heterocycles. The van der Waals surface area contributed by atoms with Crippen LogP contribution in [0.25, 0.3) is 0 Å². The zero-order valence-corrected chi connectivity index (χ0v) is 14.8. The minimum Gasteiger partial charge on any atom is -0.520 e. The van der Waals surface area contributed by atoms with Crippen molar-refractivity contribution in [2.24, 2.45) is 0 Å². The molecule has 1 aromatic rings. The smallest absolute Gasteiger partial charge is 0.431 e. The summed E-state index contributed by atoms with van der Waals surface area (Å²) in [6.45, 7) is 8.54. The lowest BCUT2D eigenvalue weighted by Gasteiger charge is -2.36. The summed E-state index contributed by atoms with van der Waals surface area (Å²) in [4.78, 5) is 10.8. The van der Waals surface area contributed by atoms with Gasteiger partial charge >= 0.3 is 14.7 Å². The Kier molecular flexibility index (Phi) is 6.86. The Labute approximate surface area is 132 Å². The summed E-state index contributed by atoms with van der Waals surface area (Å²) >= 11 is 0. The van der Waals surface area contributed by atoms with E-state index in [-0.39, 0.29) is 6.61 Å². The van der Waals surface area contributed by atoms with Gasteiger partial charge in [0.25, 0.3) is 0 Å². The second-order valence-corrected chi connectivity index (χ2v) is 10.0. The summed E-state index contributed by atoms with van der Waals surface area (Å²) in [5.41, 5.74) is 2.84. The van der Waals surface area contributed by atoms with Gasteiger partial charge in [0.05, 0.1) is 0 Å². The monoisotopic (exact) mass is 327 g/mol. The van der Waals surface area contributed by atoms with E-state index in [1.54, 1.807) is 7.11 Å². The van der Waals surface area contributed by atoms with E-state index in [4.69, 9.17) is 18.8 Å². The van der Waals surface area contributed by atoms with Crippen molar-refractivity contribution in [3.63, 3.8) is 0 Å². The van der Waals surface area contributed by atoms with E-state index in [2.05, 4.69) is 27.7 Å². The van der Waals surface area contributed by atoms with Gasteiger partial charge < -0.3 is 13.6 Å². The Balaban J connectivity index is 2.79. The average molecular weight is 327 g/mol. The lowest BCUT2D eigenvalue weighted by atomic mass is 10.2. The minimum absolute atomic E-state index is 0.0773. The fourth-order valence-corrected chi connectivity index (χ4v) is 5.77. The summed E-state index contributed by atoms with van der Waals surface area (Å²) in [7, 11) is -0.643. The molecule has 6 nitrogen and oxygen atoms in total. The second kappa shape index (κ2) is 8.16. The predicted molar refractivity (Wildman–Crippen MR) is 85.1 cm³/mol. The molecule has 2 N–H and O–H groups in total. The van der Waals surface area contributed by atoms with E-state index in [0.29, 0.717) is 11.1 Å². The molecule has 124 valence electrons. The fourth-order valence-electron chi connectivity index (χ4n) is 2.43. The quantitative estimate of drug-likeness (QED) is 0.455. The van der Waals surface area contributed by atoms with Crippen molar-refractivity contribution in [1.29, 1.82) is 0 Å². The number of nitrogens with one attached hydrogen (secondary N) is 1. The molecule has 0 bridgehead atoms. The van der Waals surface area contributed by atoms with Gasteiger partial charge in [-0.3, -0.25) is 5.21 Å².